The minimum Gasteiger partial charge on any atom is -0.486 e. The Balaban J connectivity index is 1.23. The topological polar surface area (TPSA) is 86.5 Å². The first-order valence-corrected chi connectivity index (χ1v) is 9.43. The van der Waals surface area contributed by atoms with Crippen molar-refractivity contribution >= 4 is 17.7 Å². The standard InChI is InChI=1S/C19H17N3O4S/c23-17(20-10-14-11-24-15-8-4-5-9-16(15)25-14)12-27-19-22-21-18(26-19)13-6-2-1-3-7-13/h1-9,14H,10-12H2,(H,20,23)/t14-/m1/s1. The average molecular weight is 383 g/mol. The molecule has 138 valence electrons. The Morgan fingerprint density at radius 2 is 1.85 bits per heavy atom. The first-order chi connectivity index (χ1) is 13.3. The van der Waals surface area contributed by atoms with Crippen LogP contribution in [0.25, 0.3) is 11.5 Å². The Bertz CT molecular complexity index is 916. The molecule has 1 aliphatic rings. The largest absolute Gasteiger partial charge is 0.486 e. The highest BCUT2D eigenvalue weighted by molar-refractivity contribution is 7.99. The van der Waals surface area contributed by atoms with Crippen LogP contribution in [0.5, 0.6) is 11.5 Å². The van der Waals surface area contributed by atoms with Gasteiger partial charge in [0.25, 0.3) is 5.22 Å². The smallest absolute Gasteiger partial charge is 0.277 e. The average Bonchev–Trinajstić information content (AvgIpc) is 3.20. The monoisotopic (exact) mass is 383 g/mol. The zero-order chi connectivity index (χ0) is 18.5. The highest BCUT2D eigenvalue weighted by atomic mass is 32.2. The zero-order valence-electron chi connectivity index (χ0n) is 14.3. The first-order valence-electron chi connectivity index (χ1n) is 8.45. The van der Waals surface area contributed by atoms with Gasteiger partial charge in [0, 0.05) is 5.56 Å². The molecule has 1 amide bonds. The molecule has 8 heteroatoms. The number of carbonyl (C=O) groups is 1. The molecule has 0 saturated heterocycles. The summed E-state index contributed by atoms with van der Waals surface area (Å²) in [6.07, 6.45) is -0.220. The Hall–Kier alpha value is -3.00. The molecule has 0 unspecified atom stereocenters. The Labute approximate surface area is 160 Å². The third-order valence-corrected chi connectivity index (χ3v) is 4.67. The number of carbonyl (C=O) groups excluding carboxylic acids is 1. The summed E-state index contributed by atoms with van der Waals surface area (Å²) in [7, 11) is 0. The van der Waals surface area contributed by atoms with Gasteiger partial charge in [0.2, 0.25) is 11.8 Å². The summed E-state index contributed by atoms with van der Waals surface area (Å²) in [5, 5.41) is 11.2. The van der Waals surface area contributed by atoms with E-state index in [2.05, 4.69) is 15.5 Å². The van der Waals surface area contributed by atoms with Crippen LogP contribution in [0.4, 0.5) is 0 Å². The van der Waals surface area contributed by atoms with Crippen molar-refractivity contribution in [3.8, 4) is 23.0 Å². The van der Waals surface area contributed by atoms with Crippen LogP contribution in [0, 0.1) is 0 Å². The second-order valence-electron chi connectivity index (χ2n) is 5.83. The number of thioether (sulfide) groups is 1. The predicted octanol–water partition coefficient (Wildman–Crippen LogP) is 2.78. The summed E-state index contributed by atoms with van der Waals surface area (Å²) in [4.78, 5) is 12.1. The fourth-order valence-corrected chi connectivity index (χ4v) is 3.13. The lowest BCUT2D eigenvalue weighted by atomic mass is 10.2. The van der Waals surface area contributed by atoms with Crippen molar-refractivity contribution in [3.05, 3.63) is 54.6 Å². The van der Waals surface area contributed by atoms with Gasteiger partial charge in [-0.25, -0.2) is 0 Å². The summed E-state index contributed by atoms with van der Waals surface area (Å²) in [6, 6.07) is 17.0. The van der Waals surface area contributed by atoms with Crippen molar-refractivity contribution in [2.75, 3.05) is 18.9 Å². The number of hydrogen-bond acceptors (Lipinski definition) is 7. The highest BCUT2D eigenvalue weighted by Crippen LogP contribution is 2.30. The van der Waals surface area contributed by atoms with Gasteiger partial charge in [0.05, 0.1) is 12.3 Å². The van der Waals surface area contributed by atoms with Crippen LogP contribution in [-0.4, -0.2) is 41.1 Å². The summed E-state index contributed by atoms with van der Waals surface area (Å²) < 4.78 is 17.0. The summed E-state index contributed by atoms with van der Waals surface area (Å²) in [5.41, 5.74) is 0.844. The minimum absolute atomic E-state index is 0.137. The van der Waals surface area contributed by atoms with Gasteiger partial charge in [-0.15, -0.1) is 10.2 Å². The van der Waals surface area contributed by atoms with E-state index >= 15 is 0 Å². The number of ether oxygens (including phenoxy) is 2. The molecule has 27 heavy (non-hydrogen) atoms. The maximum absolute atomic E-state index is 12.1. The lowest BCUT2D eigenvalue weighted by molar-refractivity contribution is -0.119. The van der Waals surface area contributed by atoms with E-state index in [-0.39, 0.29) is 17.8 Å². The summed E-state index contributed by atoms with van der Waals surface area (Å²) >= 11 is 1.19. The molecule has 0 radical (unpaired) electrons. The normalized spacial score (nSPS) is 15.3. The molecule has 3 aromatic rings. The van der Waals surface area contributed by atoms with Crippen LogP contribution in [0.15, 0.2) is 64.2 Å². The molecule has 0 saturated carbocycles. The third kappa shape index (κ3) is 4.40. The van der Waals surface area contributed by atoms with Crippen molar-refractivity contribution in [1.82, 2.24) is 15.5 Å². The van der Waals surface area contributed by atoms with E-state index < -0.39 is 0 Å². The van der Waals surface area contributed by atoms with Crippen molar-refractivity contribution < 1.29 is 18.7 Å². The number of benzene rings is 2. The minimum atomic E-state index is -0.220. The Kier molecular flexibility index (Phi) is 5.24. The molecule has 1 aliphatic heterocycles. The fourth-order valence-electron chi connectivity index (χ4n) is 2.54. The fraction of sp³-hybridized carbons (Fsp3) is 0.211. The molecule has 1 atom stereocenters. The lowest BCUT2D eigenvalue weighted by Gasteiger charge is -2.26. The second-order valence-corrected chi connectivity index (χ2v) is 6.76. The Morgan fingerprint density at radius 3 is 2.70 bits per heavy atom. The number of fused-ring (bicyclic) bond motifs is 1. The molecule has 0 fully saturated rings. The number of nitrogens with one attached hydrogen (secondary N) is 1. The van der Waals surface area contributed by atoms with Gasteiger partial charge in [-0.05, 0) is 24.3 Å². The van der Waals surface area contributed by atoms with Crippen LogP contribution < -0.4 is 14.8 Å². The lowest BCUT2D eigenvalue weighted by Crippen LogP contribution is -2.41. The quantitative estimate of drug-likeness (QED) is 0.655. The summed E-state index contributed by atoms with van der Waals surface area (Å²) in [6.45, 7) is 0.765. The molecule has 4 rings (SSSR count). The van der Waals surface area contributed by atoms with Crippen molar-refractivity contribution in [2.45, 2.75) is 11.3 Å². The number of hydrogen-bond donors (Lipinski definition) is 1. The molecule has 2 heterocycles. The van der Waals surface area contributed by atoms with Gasteiger partial charge in [0.1, 0.15) is 12.7 Å². The van der Waals surface area contributed by atoms with Gasteiger partial charge >= 0.3 is 0 Å². The first kappa shape index (κ1) is 17.4. The number of aromatic nitrogens is 2. The second kappa shape index (κ2) is 8.13. The van der Waals surface area contributed by atoms with E-state index in [1.54, 1.807) is 0 Å². The number of rotatable bonds is 6. The molecule has 0 aliphatic carbocycles. The van der Waals surface area contributed by atoms with Gasteiger partial charge < -0.3 is 19.2 Å². The molecule has 0 bridgehead atoms. The van der Waals surface area contributed by atoms with Crippen LogP contribution in [-0.2, 0) is 4.79 Å². The molecule has 7 nitrogen and oxygen atoms in total. The number of amides is 1. The molecule has 1 aromatic heterocycles. The predicted molar refractivity (Wildman–Crippen MR) is 99.8 cm³/mol. The van der Waals surface area contributed by atoms with E-state index in [0.717, 1.165) is 11.3 Å². The van der Waals surface area contributed by atoms with Crippen LogP contribution in [0.1, 0.15) is 0 Å². The number of para-hydroxylation sites is 2. The van der Waals surface area contributed by atoms with E-state index in [1.807, 2.05) is 54.6 Å². The van der Waals surface area contributed by atoms with E-state index in [4.69, 9.17) is 13.9 Å². The SMILES string of the molecule is O=C(CSc1nnc(-c2ccccc2)o1)NC[C@@H]1COc2ccccc2O1. The Morgan fingerprint density at radius 1 is 1.07 bits per heavy atom. The van der Waals surface area contributed by atoms with Gasteiger partial charge in [-0.1, -0.05) is 42.1 Å². The van der Waals surface area contributed by atoms with Crippen LogP contribution in [0.3, 0.4) is 0 Å². The van der Waals surface area contributed by atoms with Gasteiger partial charge in [-0.2, -0.15) is 0 Å². The molecular formula is C19H17N3O4S. The van der Waals surface area contributed by atoms with Gasteiger partial charge in [0.15, 0.2) is 11.5 Å². The van der Waals surface area contributed by atoms with Crippen molar-refractivity contribution in [3.63, 3.8) is 0 Å². The maximum Gasteiger partial charge on any atom is 0.277 e. The van der Waals surface area contributed by atoms with E-state index in [9.17, 15) is 4.79 Å². The van der Waals surface area contributed by atoms with E-state index in [0.29, 0.717) is 30.0 Å². The molecule has 2 aromatic carbocycles. The third-order valence-electron chi connectivity index (χ3n) is 3.85. The van der Waals surface area contributed by atoms with Crippen LogP contribution in [0.2, 0.25) is 0 Å². The van der Waals surface area contributed by atoms with Crippen molar-refractivity contribution in [2.24, 2.45) is 0 Å². The maximum atomic E-state index is 12.1. The zero-order valence-corrected chi connectivity index (χ0v) is 15.1. The number of nitrogens with zero attached hydrogens (tertiary/aromatic N) is 2. The highest BCUT2D eigenvalue weighted by Gasteiger charge is 2.21. The van der Waals surface area contributed by atoms with Crippen LogP contribution >= 0.6 is 11.8 Å². The van der Waals surface area contributed by atoms with Crippen molar-refractivity contribution in [1.29, 1.82) is 0 Å². The van der Waals surface area contributed by atoms with E-state index in [1.165, 1.54) is 11.8 Å². The molecular weight excluding hydrogens is 366 g/mol. The molecule has 0 spiro atoms. The molecule has 1 N–H and O–H groups in total. The van der Waals surface area contributed by atoms with Gasteiger partial charge in [-0.3, -0.25) is 4.79 Å². The summed E-state index contributed by atoms with van der Waals surface area (Å²) in [5.74, 6) is 1.89.